The van der Waals surface area contributed by atoms with E-state index < -0.39 is 31.1 Å². The van der Waals surface area contributed by atoms with E-state index in [1.54, 1.807) is 6.92 Å². The van der Waals surface area contributed by atoms with E-state index in [1.165, 1.54) is 10.8 Å². The molecule has 0 amide bonds. The lowest BCUT2D eigenvalue weighted by molar-refractivity contribution is -0.0524. The normalized spacial score (nSPS) is 29.6. The Morgan fingerprint density at radius 3 is 2.70 bits per heavy atom. The Labute approximate surface area is 115 Å². The second-order valence-corrected chi connectivity index (χ2v) is 4.72. The van der Waals surface area contributed by atoms with Crippen molar-refractivity contribution in [3.05, 3.63) is 22.1 Å². The first-order valence-corrected chi connectivity index (χ1v) is 6.45. The molecule has 1 aliphatic heterocycles. The lowest BCUT2D eigenvalue weighted by Crippen LogP contribution is -2.34. The fourth-order valence-electron chi connectivity index (χ4n) is 2.16. The van der Waals surface area contributed by atoms with Gasteiger partial charge >= 0.3 is 0 Å². The van der Waals surface area contributed by atoms with Gasteiger partial charge in [0.2, 0.25) is 5.95 Å². The zero-order valence-electron chi connectivity index (χ0n) is 11.4. The van der Waals surface area contributed by atoms with Crippen LogP contribution in [0.1, 0.15) is 18.7 Å². The zero-order chi connectivity index (χ0) is 14.9. The fraction of sp³-hybridized carbons (Fsp3) is 0.667. The Kier molecular flexibility index (Phi) is 4.39. The summed E-state index contributed by atoms with van der Waals surface area (Å²) in [6, 6.07) is 0. The van der Waals surface area contributed by atoms with E-state index in [0.29, 0.717) is 12.1 Å². The highest BCUT2D eigenvalue weighted by molar-refractivity contribution is 5.28. The first-order valence-electron chi connectivity index (χ1n) is 6.45. The van der Waals surface area contributed by atoms with Crippen LogP contribution in [0.5, 0.6) is 0 Å². The van der Waals surface area contributed by atoms with Crippen molar-refractivity contribution in [2.45, 2.75) is 38.4 Å². The fourth-order valence-corrected chi connectivity index (χ4v) is 2.16. The molecule has 0 aliphatic carbocycles. The van der Waals surface area contributed by atoms with Crippen molar-refractivity contribution in [3.8, 4) is 0 Å². The molecule has 1 aromatic heterocycles. The van der Waals surface area contributed by atoms with Gasteiger partial charge in [-0.3, -0.25) is 9.36 Å². The van der Waals surface area contributed by atoms with Crippen molar-refractivity contribution in [2.24, 2.45) is 0 Å². The standard InChI is InChI=1S/C12H19N3O5/c1-3-13-12-14-10(19)6(2)4-15(12)11-9(18)8(17)7(5-16)20-11/h4,7-9,11,16-18H,3,5H2,1-2H3,(H,13,14,19)/t7-,8-,9-,11-/m1/s1. The van der Waals surface area contributed by atoms with Crippen LogP contribution in [-0.4, -0.2) is 56.3 Å². The highest BCUT2D eigenvalue weighted by Gasteiger charge is 2.43. The van der Waals surface area contributed by atoms with Crippen LogP contribution >= 0.6 is 0 Å². The second kappa shape index (κ2) is 5.88. The van der Waals surface area contributed by atoms with Crippen LogP contribution < -0.4 is 10.9 Å². The van der Waals surface area contributed by atoms with Crippen LogP contribution in [-0.2, 0) is 4.74 Å². The Bertz CT molecular complexity index is 532. The molecule has 1 fully saturated rings. The van der Waals surface area contributed by atoms with Gasteiger partial charge < -0.3 is 25.4 Å². The number of ether oxygens (including phenoxy) is 1. The van der Waals surface area contributed by atoms with Gasteiger partial charge in [0.1, 0.15) is 18.3 Å². The number of aliphatic hydroxyl groups excluding tert-OH is 3. The molecule has 8 nitrogen and oxygen atoms in total. The van der Waals surface area contributed by atoms with Crippen LogP contribution in [0.15, 0.2) is 11.0 Å². The van der Waals surface area contributed by atoms with Crippen molar-refractivity contribution in [2.75, 3.05) is 18.5 Å². The molecule has 0 aromatic carbocycles. The molecule has 1 aromatic rings. The first kappa shape index (κ1) is 14.9. The van der Waals surface area contributed by atoms with Gasteiger partial charge in [-0.05, 0) is 13.8 Å². The highest BCUT2D eigenvalue weighted by Crippen LogP contribution is 2.30. The van der Waals surface area contributed by atoms with Gasteiger partial charge in [-0.25, -0.2) is 0 Å². The molecule has 0 radical (unpaired) electrons. The summed E-state index contributed by atoms with van der Waals surface area (Å²) in [4.78, 5) is 15.5. The lowest BCUT2D eigenvalue weighted by atomic mass is 10.1. The average molecular weight is 285 g/mol. The van der Waals surface area contributed by atoms with Crippen molar-refractivity contribution in [1.82, 2.24) is 9.55 Å². The second-order valence-electron chi connectivity index (χ2n) is 4.72. The number of nitrogens with one attached hydrogen (secondary N) is 1. The number of aliphatic hydroxyl groups is 3. The molecule has 2 heterocycles. The van der Waals surface area contributed by atoms with Gasteiger partial charge in [0.05, 0.1) is 6.61 Å². The van der Waals surface area contributed by atoms with Crippen LogP contribution in [0.4, 0.5) is 5.95 Å². The average Bonchev–Trinajstić information content (AvgIpc) is 2.70. The minimum Gasteiger partial charge on any atom is -0.394 e. The van der Waals surface area contributed by atoms with E-state index in [4.69, 9.17) is 9.84 Å². The Balaban J connectivity index is 2.41. The van der Waals surface area contributed by atoms with E-state index in [2.05, 4.69) is 10.3 Å². The number of anilines is 1. The number of aromatic nitrogens is 2. The third-order valence-corrected chi connectivity index (χ3v) is 3.25. The SMILES string of the molecule is CCNc1nc(=O)c(C)cn1[C@@H]1O[C@H](CO)[C@@H](O)[C@H]1O. The van der Waals surface area contributed by atoms with Crippen molar-refractivity contribution >= 4 is 5.95 Å². The minimum atomic E-state index is -1.21. The smallest absolute Gasteiger partial charge is 0.277 e. The Hall–Kier alpha value is -1.48. The molecular formula is C12H19N3O5. The van der Waals surface area contributed by atoms with Gasteiger partial charge in [0.25, 0.3) is 5.56 Å². The van der Waals surface area contributed by atoms with E-state index in [1.807, 2.05) is 6.92 Å². The van der Waals surface area contributed by atoms with Crippen molar-refractivity contribution in [3.63, 3.8) is 0 Å². The molecule has 4 N–H and O–H groups in total. The lowest BCUT2D eigenvalue weighted by Gasteiger charge is -2.22. The molecular weight excluding hydrogens is 266 g/mol. The van der Waals surface area contributed by atoms with Gasteiger partial charge in [0, 0.05) is 18.3 Å². The number of hydrogen-bond acceptors (Lipinski definition) is 7. The summed E-state index contributed by atoms with van der Waals surface area (Å²) in [5.41, 5.74) is 0.0216. The Morgan fingerprint density at radius 2 is 2.15 bits per heavy atom. The largest absolute Gasteiger partial charge is 0.394 e. The van der Waals surface area contributed by atoms with Crippen molar-refractivity contribution < 1.29 is 20.1 Å². The molecule has 0 spiro atoms. The van der Waals surface area contributed by atoms with E-state index in [0.717, 1.165) is 0 Å². The van der Waals surface area contributed by atoms with E-state index in [-0.39, 0.29) is 11.5 Å². The monoisotopic (exact) mass is 285 g/mol. The van der Waals surface area contributed by atoms with Gasteiger partial charge in [-0.15, -0.1) is 0 Å². The number of hydrogen-bond donors (Lipinski definition) is 4. The molecule has 2 rings (SSSR count). The molecule has 1 saturated heterocycles. The van der Waals surface area contributed by atoms with Crippen LogP contribution in [0.3, 0.4) is 0 Å². The Morgan fingerprint density at radius 1 is 1.45 bits per heavy atom. The zero-order valence-corrected chi connectivity index (χ0v) is 11.4. The third-order valence-electron chi connectivity index (χ3n) is 3.25. The third kappa shape index (κ3) is 2.55. The molecule has 112 valence electrons. The van der Waals surface area contributed by atoms with Crippen molar-refractivity contribution in [1.29, 1.82) is 0 Å². The number of nitrogens with zero attached hydrogens (tertiary/aromatic N) is 2. The maximum atomic E-state index is 11.6. The van der Waals surface area contributed by atoms with Gasteiger partial charge in [-0.2, -0.15) is 4.98 Å². The first-order chi connectivity index (χ1) is 9.49. The molecule has 20 heavy (non-hydrogen) atoms. The van der Waals surface area contributed by atoms with Gasteiger partial charge in [0.15, 0.2) is 6.23 Å². The predicted molar refractivity (Wildman–Crippen MR) is 70.4 cm³/mol. The number of rotatable bonds is 4. The molecule has 8 heteroatoms. The van der Waals surface area contributed by atoms with E-state index in [9.17, 15) is 15.0 Å². The summed E-state index contributed by atoms with van der Waals surface area (Å²) in [5, 5.41) is 31.8. The molecule has 0 unspecified atom stereocenters. The van der Waals surface area contributed by atoms with E-state index >= 15 is 0 Å². The summed E-state index contributed by atoms with van der Waals surface area (Å²) < 4.78 is 6.90. The van der Waals surface area contributed by atoms with Crippen LogP contribution in [0.2, 0.25) is 0 Å². The summed E-state index contributed by atoms with van der Waals surface area (Å²) in [6.07, 6.45) is -2.69. The minimum absolute atomic E-state index is 0.248. The highest BCUT2D eigenvalue weighted by atomic mass is 16.6. The summed E-state index contributed by atoms with van der Waals surface area (Å²) in [5.74, 6) is 0.248. The summed E-state index contributed by atoms with van der Waals surface area (Å²) >= 11 is 0. The quantitative estimate of drug-likeness (QED) is 0.537. The maximum absolute atomic E-state index is 11.6. The molecule has 1 aliphatic rings. The summed E-state index contributed by atoms with van der Waals surface area (Å²) in [6.45, 7) is 3.57. The van der Waals surface area contributed by atoms with Crippen LogP contribution in [0, 0.1) is 6.92 Å². The summed E-state index contributed by atoms with van der Waals surface area (Å²) in [7, 11) is 0. The predicted octanol–water partition coefficient (Wildman–Crippen LogP) is -1.40. The number of aryl methyl sites for hydroxylation is 1. The van der Waals surface area contributed by atoms with Gasteiger partial charge in [-0.1, -0.05) is 0 Å². The molecule has 0 bridgehead atoms. The maximum Gasteiger partial charge on any atom is 0.277 e. The topological polar surface area (TPSA) is 117 Å². The molecule has 4 atom stereocenters. The van der Waals surface area contributed by atoms with Crippen LogP contribution in [0.25, 0.3) is 0 Å². The molecule has 0 saturated carbocycles.